The molecular formula is C20H26N2O3S. The number of allylic oxidation sites excluding steroid dienone is 1. The van der Waals surface area contributed by atoms with Crippen LogP contribution in [-0.4, -0.2) is 31.0 Å². The molecule has 0 amide bonds. The first kappa shape index (κ1) is 20.0. The number of benzene rings is 1. The number of oxime groups is 1. The molecule has 26 heavy (non-hydrogen) atoms. The first-order valence-corrected chi connectivity index (χ1v) is 9.43. The van der Waals surface area contributed by atoms with E-state index in [0.29, 0.717) is 18.4 Å². The van der Waals surface area contributed by atoms with E-state index in [2.05, 4.69) is 36.1 Å². The molecule has 2 rings (SSSR count). The van der Waals surface area contributed by atoms with Gasteiger partial charge in [-0.2, -0.15) is 0 Å². The monoisotopic (exact) mass is 374 g/mol. The summed E-state index contributed by atoms with van der Waals surface area (Å²) in [4.78, 5) is 9.19. The van der Waals surface area contributed by atoms with Crippen LogP contribution in [0.5, 0.6) is 10.9 Å². The zero-order valence-electron chi connectivity index (χ0n) is 16.0. The lowest BCUT2D eigenvalue weighted by Crippen LogP contribution is -2.05. The van der Waals surface area contributed by atoms with Crippen molar-refractivity contribution in [3.05, 3.63) is 52.0 Å². The summed E-state index contributed by atoms with van der Waals surface area (Å²) in [7, 11) is 1.52. The highest BCUT2D eigenvalue weighted by Crippen LogP contribution is 2.24. The van der Waals surface area contributed by atoms with Crippen LogP contribution in [0.25, 0.3) is 0 Å². The van der Waals surface area contributed by atoms with Gasteiger partial charge in [-0.3, -0.25) is 0 Å². The highest BCUT2D eigenvalue weighted by Gasteiger charge is 2.09. The molecular weight excluding hydrogens is 348 g/mol. The highest BCUT2D eigenvalue weighted by molar-refractivity contribution is 7.11. The molecule has 0 N–H and O–H groups in total. The van der Waals surface area contributed by atoms with Gasteiger partial charge in [0.2, 0.25) is 0 Å². The Bertz CT molecular complexity index is 758. The summed E-state index contributed by atoms with van der Waals surface area (Å²) in [6, 6.07) is 4.16. The average Bonchev–Trinajstić information content (AvgIpc) is 3.07. The second-order valence-electron chi connectivity index (χ2n) is 5.87. The third kappa shape index (κ3) is 5.59. The van der Waals surface area contributed by atoms with Crippen LogP contribution in [0.1, 0.15) is 36.2 Å². The molecule has 5 nitrogen and oxygen atoms in total. The number of hydrogen-bond donors (Lipinski definition) is 0. The molecule has 0 atom stereocenters. The number of thiazole rings is 1. The van der Waals surface area contributed by atoms with E-state index >= 15 is 0 Å². The fraction of sp³-hybridized carbons (Fsp3) is 0.400. The molecule has 0 aliphatic carbocycles. The highest BCUT2D eigenvalue weighted by atomic mass is 32.1. The molecule has 1 aromatic carbocycles. The van der Waals surface area contributed by atoms with E-state index in [9.17, 15) is 0 Å². The lowest BCUT2D eigenvalue weighted by atomic mass is 10.00. The third-order valence-corrected chi connectivity index (χ3v) is 4.66. The predicted molar refractivity (Wildman–Crippen MR) is 107 cm³/mol. The van der Waals surface area contributed by atoms with Crippen LogP contribution in [-0.2, 0) is 11.3 Å². The molecule has 0 aliphatic heterocycles. The van der Waals surface area contributed by atoms with Gasteiger partial charge in [0, 0.05) is 11.8 Å². The first-order valence-electron chi connectivity index (χ1n) is 8.55. The maximum atomic E-state index is 5.81. The summed E-state index contributed by atoms with van der Waals surface area (Å²) < 4.78 is 11.5. The van der Waals surface area contributed by atoms with Crippen molar-refractivity contribution in [2.24, 2.45) is 5.16 Å². The Hall–Kier alpha value is -2.34. The zero-order chi connectivity index (χ0) is 18.9. The van der Waals surface area contributed by atoms with Crippen molar-refractivity contribution in [3.8, 4) is 10.9 Å². The fourth-order valence-corrected chi connectivity index (χ4v) is 3.32. The summed E-state index contributed by atoms with van der Waals surface area (Å²) in [5.41, 5.74) is 5.23. The molecule has 0 radical (unpaired) electrons. The Morgan fingerprint density at radius 1 is 1.23 bits per heavy atom. The van der Waals surface area contributed by atoms with E-state index in [1.54, 1.807) is 0 Å². The first-order chi connectivity index (χ1) is 12.5. The average molecular weight is 375 g/mol. The van der Waals surface area contributed by atoms with Crippen molar-refractivity contribution in [1.29, 1.82) is 0 Å². The summed E-state index contributed by atoms with van der Waals surface area (Å²) in [6.45, 7) is 9.23. The predicted octanol–water partition coefficient (Wildman–Crippen LogP) is 4.71. The van der Waals surface area contributed by atoms with Crippen molar-refractivity contribution in [2.45, 2.75) is 34.1 Å². The van der Waals surface area contributed by atoms with Gasteiger partial charge in [-0.15, -0.1) is 0 Å². The number of aryl methyl sites for hydroxylation is 2. The summed E-state index contributed by atoms with van der Waals surface area (Å²) >= 11 is 1.46. The molecule has 0 spiro atoms. The smallest absolute Gasteiger partial charge is 0.273 e. The molecule has 1 aromatic heterocycles. The van der Waals surface area contributed by atoms with Gasteiger partial charge in [-0.1, -0.05) is 28.6 Å². The number of aromatic nitrogens is 1. The summed E-state index contributed by atoms with van der Waals surface area (Å²) in [5.74, 6) is 0.903. The van der Waals surface area contributed by atoms with Gasteiger partial charge >= 0.3 is 0 Å². The summed E-state index contributed by atoms with van der Waals surface area (Å²) in [6.07, 6.45) is 4.80. The Morgan fingerprint density at radius 2 is 1.96 bits per heavy atom. The van der Waals surface area contributed by atoms with Crippen molar-refractivity contribution < 1.29 is 14.3 Å². The molecule has 140 valence electrons. The maximum absolute atomic E-state index is 5.81. The van der Waals surface area contributed by atoms with Gasteiger partial charge in [0.25, 0.3) is 5.19 Å². The van der Waals surface area contributed by atoms with E-state index in [4.69, 9.17) is 14.3 Å². The van der Waals surface area contributed by atoms with E-state index in [1.807, 2.05) is 31.4 Å². The van der Waals surface area contributed by atoms with Crippen LogP contribution < -0.4 is 9.47 Å². The van der Waals surface area contributed by atoms with E-state index in [-0.39, 0.29) is 0 Å². The van der Waals surface area contributed by atoms with Crippen LogP contribution in [0, 0.1) is 13.8 Å². The molecule has 0 fully saturated rings. The Kier molecular flexibility index (Phi) is 7.66. The van der Waals surface area contributed by atoms with Crippen LogP contribution in [0.15, 0.2) is 34.8 Å². The largest absolute Gasteiger partial charge is 0.490 e. The number of nitrogens with zero attached hydrogens (tertiary/aromatic N) is 2. The third-order valence-electron chi connectivity index (χ3n) is 3.91. The van der Waals surface area contributed by atoms with Crippen molar-refractivity contribution in [1.82, 2.24) is 4.98 Å². The minimum absolute atomic E-state index is 0.577. The van der Waals surface area contributed by atoms with E-state index in [1.165, 1.54) is 35.1 Å². The van der Waals surface area contributed by atoms with E-state index < -0.39 is 0 Å². The maximum Gasteiger partial charge on any atom is 0.273 e. The topological polar surface area (TPSA) is 52.9 Å². The lowest BCUT2D eigenvalue weighted by Gasteiger charge is -2.13. The van der Waals surface area contributed by atoms with Gasteiger partial charge in [-0.05, 0) is 56.5 Å². The number of rotatable bonds is 9. The Labute approximate surface area is 159 Å². The minimum Gasteiger partial charge on any atom is -0.490 e. The van der Waals surface area contributed by atoms with E-state index in [0.717, 1.165) is 23.6 Å². The summed E-state index contributed by atoms with van der Waals surface area (Å²) in [5, 5.41) is 6.45. The standard InChI is InChI=1S/C20H26N2O3S/c1-6-7-9-24-17-11-14(2)18(15(3)12-17)8-10-25-20-21-19(13-26-20)16(4)22-23-5/h6-7,11-13H,8-10H2,1-5H3/b7-6+,22-16?. The van der Waals surface area contributed by atoms with Crippen LogP contribution in [0.2, 0.25) is 0 Å². The van der Waals surface area contributed by atoms with Gasteiger partial charge in [-0.25, -0.2) is 4.98 Å². The molecule has 1 heterocycles. The lowest BCUT2D eigenvalue weighted by molar-refractivity contribution is 0.213. The molecule has 0 bridgehead atoms. The Morgan fingerprint density at radius 3 is 2.62 bits per heavy atom. The van der Waals surface area contributed by atoms with Crippen LogP contribution >= 0.6 is 11.3 Å². The molecule has 0 saturated heterocycles. The SMILES string of the molecule is C/C=C/COc1cc(C)c(CCOc2nc(C(C)=NOC)cs2)c(C)c1. The molecule has 0 saturated carbocycles. The molecule has 0 unspecified atom stereocenters. The van der Waals surface area contributed by atoms with Crippen LogP contribution in [0.4, 0.5) is 0 Å². The van der Waals surface area contributed by atoms with Gasteiger partial charge < -0.3 is 14.3 Å². The van der Waals surface area contributed by atoms with Crippen molar-refractivity contribution >= 4 is 17.0 Å². The molecule has 0 aliphatic rings. The Balaban J connectivity index is 1.94. The fourth-order valence-electron chi connectivity index (χ4n) is 2.59. The van der Waals surface area contributed by atoms with Gasteiger partial charge in [0.1, 0.15) is 30.9 Å². The van der Waals surface area contributed by atoms with Crippen molar-refractivity contribution in [3.63, 3.8) is 0 Å². The second kappa shape index (κ2) is 9.97. The van der Waals surface area contributed by atoms with Crippen LogP contribution in [0.3, 0.4) is 0 Å². The number of ether oxygens (including phenoxy) is 2. The van der Waals surface area contributed by atoms with Gasteiger partial charge in [0.05, 0.1) is 6.61 Å². The quantitative estimate of drug-likeness (QED) is 0.362. The second-order valence-corrected chi connectivity index (χ2v) is 6.69. The normalized spacial score (nSPS) is 11.8. The number of hydrogen-bond acceptors (Lipinski definition) is 6. The molecule has 6 heteroatoms. The zero-order valence-corrected chi connectivity index (χ0v) is 16.9. The minimum atomic E-state index is 0.577. The van der Waals surface area contributed by atoms with Gasteiger partial charge in [0.15, 0.2) is 0 Å². The van der Waals surface area contributed by atoms with Crippen molar-refractivity contribution in [2.75, 3.05) is 20.3 Å². The molecule has 2 aromatic rings.